The van der Waals surface area contributed by atoms with Crippen molar-refractivity contribution >= 4 is 17.6 Å². The molecule has 0 aliphatic carbocycles. The zero-order valence-electron chi connectivity index (χ0n) is 16.2. The van der Waals surface area contributed by atoms with Crippen LogP contribution in [0.5, 0.6) is 0 Å². The molecule has 0 saturated carbocycles. The van der Waals surface area contributed by atoms with Crippen molar-refractivity contribution in [3.63, 3.8) is 0 Å². The van der Waals surface area contributed by atoms with Gasteiger partial charge in [0.25, 0.3) is 0 Å². The van der Waals surface area contributed by atoms with E-state index in [1.807, 2.05) is 0 Å². The maximum absolute atomic E-state index is 13.3. The zero-order chi connectivity index (χ0) is 20.6. The Kier molecular flexibility index (Phi) is 7.16. The quantitative estimate of drug-likeness (QED) is 0.758. The molecule has 0 aromatic heterocycles. The van der Waals surface area contributed by atoms with E-state index in [2.05, 4.69) is 10.6 Å². The number of anilines is 1. The first-order valence-corrected chi connectivity index (χ1v) is 9.82. The highest BCUT2D eigenvalue weighted by atomic mass is 19.1. The van der Waals surface area contributed by atoms with E-state index in [0.717, 1.165) is 18.4 Å². The first-order valence-electron chi connectivity index (χ1n) is 9.82. The van der Waals surface area contributed by atoms with Gasteiger partial charge in [0.1, 0.15) is 11.6 Å². The predicted octanol–water partition coefficient (Wildman–Crippen LogP) is 4.31. The first-order chi connectivity index (χ1) is 14.0. The fourth-order valence-electron chi connectivity index (χ4n) is 3.53. The number of benzene rings is 2. The standard InChI is InChI=1S/C22H25F2N3O2/c23-18-6-1-4-17(12-18)14-25-21(28)10-9-16-5-3-11-27(15-16)22(29)26-20-8-2-7-19(24)13-20/h1-2,4,6-8,12-13,16H,3,5,9-11,14-15H2,(H,25,28)(H,26,29). The largest absolute Gasteiger partial charge is 0.352 e. The van der Waals surface area contributed by atoms with Gasteiger partial charge in [-0.15, -0.1) is 0 Å². The normalized spacial score (nSPS) is 16.3. The van der Waals surface area contributed by atoms with Gasteiger partial charge < -0.3 is 15.5 Å². The van der Waals surface area contributed by atoms with E-state index in [1.165, 1.54) is 24.3 Å². The number of rotatable bonds is 6. The molecule has 1 aliphatic rings. The lowest BCUT2D eigenvalue weighted by Crippen LogP contribution is -2.42. The predicted molar refractivity (Wildman–Crippen MR) is 107 cm³/mol. The number of carbonyl (C=O) groups excluding carboxylic acids is 2. The smallest absolute Gasteiger partial charge is 0.321 e. The molecule has 0 radical (unpaired) electrons. The van der Waals surface area contributed by atoms with Crippen LogP contribution in [0.1, 0.15) is 31.2 Å². The Morgan fingerprint density at radius 3 is 2.59 bits per heavy atom. The lowest BCUT2D eigenvalue weighted by molar-refractivity contribution is -0.121. The van der Waals surface area contributed by atoms with E-state index in [-0.39, 0.29) is 23.7 Å². The number of piperidine rings is 1. The average molecular weight is 401 g/mol. The Labute approximate surface area is 169 Å². The van der Waals surface area contributed by atoms with Crippen LogP contribution in [0.25, 0.3) is 0 Å². The molecule has 5 nitrogen and oxygen atoms in total. The number of hydrogen-bond donors (Lipinski definition) is 2. The molecular weight excluding hydrogens is 376 g/mol. The minimum Gasteiger partial charge on any atom is -0.352 e. The summed E-state index contributed by atoms with van der Waals surface area (Å²) in [6, 6.07) is 11.7. The summed E-state index contributed by atoms with van der Waals surface area (Å²) in [4.78, 5) is 26.2. The van der Waals surface area contributed by atoms with Gasteiger partial charge in [0.05, 0.1) is 0 Å². The molecule has 154 valence electrons. The summed E-state index contributed by atoms with van der Waals surface area (Å²) in [5.41, 5.74) is 1.14. The Morgan fingerprint density at radius 2 is 1.83 bits per heavy atom. The van der Waals surface area contributed by atoms with E-state index >= 15 is 0 Å². The molecule has 1 atom stereocenters. The third kappa shape index (κ3) is 6.55. The molecule has 1 fully saturated rings. The Bertz CT molecular complexity index is 859. The number of urea groups is 1. The van der Waals surface area contributed by atoms with Crippen molar-refractivity contribution in [3.8, 4) is 0 Å². The summed E-state index contributed by atoms with van der Waals surface area (Å²) in [6.45, 7) is 1.51. The molecule has 2 aromatic carbocycles. The SMILES string of the molecule is O=C(CCC1CCCN(C(=O)Nc2cccc(F)c2)C1)NCc1cccc(F)c1. The minimum atomic E-state index is -0.399. The second kappa shape index (κ2) is 10.0. The van der Waals surface area contributed by atoms with Crippen LogP contribution in [-0.2, 0) is 11.3 Å². The van der Waals surface area contributed by atoms with Crippen LogP contribution in [0.3, 0.4) is 0 Å². The summed E-state index contributed by atoms with van der Waals surface area (Å²) in [6.07, 6.45) is 2.87. The lowest BCUT2D eigenvalue weighted by atomic mass is 9.93. The van der Waals surface area contributed by atoms with Crippen LogP contribution in [0.15, 0.2) is 48.5 Å². The first kappa shape index (κ1) is 20.8. The van der Waals surface area contributed by atoms with Crippen LogP contribution < -0.4 is 10.6 Å². The lowest BCUT2D eigenvalue weighted by Gasteiger charge is -2.32. The van der Waals surface area contributed by atoms with Gasteiger partial charge in [-0.2, -0.15) is 0 Å². The zero-order valence-corrected chi connectivity index (χ0v) is 16.2. The second-order valence-electron chi connectivity index (χ2n) is 7.34. The van der Waals surface area contributed by atoms with E-state index in [9.17, 15) is 18.4 Å². The van der Waals surface area contributed by atoms with Gasteiger partial charge in [0, 0.05) is 31.7 Å². The van der Waals surface area contributed by atoms with Gasteiger partial charge in [-0.1, -0.05) is 18.2 Å². The third-order valence-corrected chi connectivity index (χ3v) is 5.04. The summed E-state index contributed by atoms with van der Waals surface area (Å²) >= 11 is 0. The topological polar surface area (TPSA) is 61.4 Å². The fourth-order valence-corrected chi connectivity index (χ4v) is 3.53. The summed E-state index contributed by atoms with van der Waals surface area (Å²) in [7, 11) is 0. The summed E-state index contributed by atoms with van der Waals surface area (Å²) in [5, 5.41) is 5.52. The Balaban J connectivity index is 1.42. The van der Waals surface area contributed by atoms with E-state index in [4.69, 9.17) is 0 Å². The number of likely N-dealkylation sites (tertiary alicyclic amines) is 1. The summed E-state index contributed by atoms with van der Waals surface area (Å²) < 4.78 is 26.4. The number of amides is 3. The van der Waals surface area contributed by atoms with Crippen molar-refractivity contribution in [2.45, 2.75) is 32.2 Å². The molecule has 0 spiro atoms. The van der Waals surface area contributed by atoms with Gasteiger partial charge in [0.2, 0.25) is 5.91 Å². The minimum absolute atomic E-state index is 0.0874. The van der Waals surface area contributed by atoms with Gasteiger partial charge in [0.15, 0.2) is 0 Å². The van der Waals surface area contributed by atoms with Crippen LogP contribution in [0.2, 0.25) is 0 Å². The number of hydrogen-bond acceptors (Lipinski definition) is 2. The van der Waals surface area contributed by atoms with Crippen molar-refractivity contribution in [1.29, 1.82) is 0 Å². The van der Waals surface area contributed by atoms with E-state index < -0.39 is 5.82 Å². The molecule has 3 amide bonds. The summed E-state index contributed by atoms with van der Waals surface area (Å²) in [5.74, 6) is -0.573. The molecule has 1 heterocycles. The number of carbonyl (C=O) groups is 2. The van der Waals surface area contributed by atoms with E-state index in [1.54, 1.807) is 29.2 Å². The van der Waals surface area contributed by atoms with Gasteiger partial charge in [-0.25, -0.2) is 13.6 Å². The monoisotopic (exact) mass is 401 g/mol. The molecule has 0 bridgehead atoms. The maximum atomic E-state index is 13.3. The molecule has 1 saturated heterocycles. The molecule has 2 aromatic rings. The molecule has 1 aliphatic heterocycles. The highest BCUT2D eigenvalue weighted by molar-refractivity contribution is 5.89. The number of halogens is 2. The van der Waals surface area contributed by atoms with E-state index in [0.29, 0.717) is 38.2 Å². The van der Waals surface area contributed by atoms with Crippen LogP contribution in [0, 0.1) is 17.6 Å². The molecule has 1 unspecified atom stereocenters. The highest BCUT2D eigenvalue weighted by Crippen LogP contribution is 2.22. The van der Waals surface area contributed by atoms with Crippen LogP contribution >= 0.6 is 0 Å². The molecule has 29 heavy (non-hydrogen) atoms. The highest BCUT2D eigenvalue weighted by Gasteiger charge is 2.24. The maximum Gasteiger partial charge on any atom is 0.321 e. The van der Waals surface area contributed by atoms with Crippen molar-refractivity contribution in [1.82, 2.24) is 10.2 Å². The van der Waals surface area contributed by atoms with Gasteiger partial charge >= 0.3 is 6.03 Å². The van der Waals surface area contributed by atoms with Crippen molar-refractivity contribution in [2.75, 3.05) is 18.4 Å². The molecule has 2 N–H and O–H groups in total. The van der Waals surface area contributed by atoms with Crippen molar-refractivity contribution in [2.24, 2.45) is 5.92 Å². The fraction of sp³-hybridized carbons (Fsp3) is 0.364. The van der Waals surface area contributed by atoms with Crippen molar-refractivity contribution in [3.05, 3.63) is 65.7 Å². The second-order valence-corrected chi connectivity index (χ2v) is 7.34. The number of nitrogens with one attached hydrogen (secondary N) is 2. The van der Waals surface area contributed by atoms with Gasteiger partial charge in [-0.3, -0.25) is 4.79 Å². The third-order valence-electron chi connectivity index (χ3n) is 5.04. The average Bonchev–Trinajstić information content (AvgIpc) is 2.71. The van der Waals surface area contributed by atoms with Crippen LogP contribution in [-0.4, -0.2) is 29.9 Å². The van der Waals surface area contributed by atoms with Crippen LogP contribution in [0.4, 0.5) is 19.3 Å². The van der Waals surface area contributed by atoms with Crippen molar-refractivity contribution < 1.29 is 18.4 Å². The molecular formula is C22H25F2N3O2. The Morgan fingerprint density at radius 1 is 1.07 bits per heavy atom. The number of nitrogens with zero attached hydrogens (tertiary/aromatic N) is 1. The van der Waals surface area contributed by atoms with Gasteiger partial charge in [-0.05, 0) is 61.1 Å². The molecule has 7 heteroatoms. The Hall–Kier alpha value is -2.96. The molecule has 3 rings (SSSR count).